The molecular formula is C8H6FNO2. The largest absolute Gasteiger partial charge is 0.439 e. The molecule has 0 radical (unpaired) electrons. The van der Waals surface area contributed by atoms with Gasteiger partial charge in [-0.25, -0.2) is 9.18 Å². The van der Waals surface area contributed by atoms with Gasteiger partial charge in [0, 0.05) is 5.56 Å². The second-order valence-electron chi connectivity index (χ2n) is 2.56. The Labute approximate surface area is 67.9 Å². The third-order valence-corrected chi connectivity index (χ3v) is 1.77. The first kappa shape index (κ1) is 7.24. The van der Waals surface area contributed by atoms with Gasteiger partial charge in [0.1, 0.15) is 5.82 Å². The van der Waals surface area contributed by atoms with E-state index in [9.17, 15) is 9.18 Å². The highest BCUT2D eigenvalue weighted by Gasteiger charge is 2.28. The van der Waals surface area contributed by atoms with Crippen molar-refractivity contribution in [3.63, 3.8) is 0 Å². The van der Waals surface area contributed by atoms with Crippen LogP contribution in [0.3, 0.4) is 0 Å². The highest BCUT2D eigenvalue weighted by molar-refractivity contribution is 5.93. The molecule has 0 bridgehead atoms. The van der Waals surface area contributed by atoms with E-state index < -0.39 is 18.0 Å². The Morgan fingerprint density at radius 3 is 3.00 bits per heavy atom. The molecule has 0 saturated carbocycles. The normalized spacial score (nSPS) is 20.5. The van der Waals surface area contributed by atoms with E-state index in [1.165, 1.54) is 18.2 Å². The number of hydrogen-bond donors (Lipinski definition) is 1. The van der Waals surface area contributed by atoms with Gasteiger partial charge in [-0.05, 0) is 18.2 Å². The summed E-state index contributed by atoms with van der Waals surface area (Å²) in [7, 11) is 0. The number of esters is 1. The number of fused-ring (bicyclic) bond motifs is 1. The van der Waals surface area contributed by atoms with E-state index in [0.717, 1.165) is 0 Å². The summed E-state index contributed by atoms with van der Waals surface area (Å²) >= 11 is 0. The summed E-state index contributed by atoms with van der Waals surface area (Å²) in [6.45, 7) is 0. The second kappa shape index (κ2) is 2.28. The number of cyclic esters (lactones) is 1. The van der Waals surface area contributed by atoms with Gasteiger partial charge in [-0.3, -0.25) is 5.73 Å². The highest BCUT2D eigenvalue weighted by Crippen LogP contribution is 2.26. The average molecular weight is 167 g/mol. The SMILES string of the molecule is NC1OC(=O)c2ccc(F)cc21. The van der Waals surface area contributed by atoms with Gasteiger partial charge in [-0.1, -0.05) is 0 Å². The maximum atomic E-state index is 12.6. The quantitative estimate of drug-likeness (QED) is 0.585. The standard InChI is InChI=1S/C8H6FNO2/c9-4-1-2-5-6(3-4)7(10)12-8(5)11/h1-3,7H,10H2. The fourth-order valence-electron chi connectivity index (χ4n) is 1.20. The Balaban J connectivity index is 2.60. The van der Waals surface area contributed by atoms with E-state index in [2.05, 4.69) is 4.74 Å². The van der Waals surface area contributed by atoms with E-state index in [-0.39, 0.29) is 0 Å². The number of ether oxygens (including phenoxy) is 1. The Bertz CT molecular complexity index is 351. The Kier molecular flexibility index (Phi) is 1.38. The lowest BCUT2D eigenvalue weighted by atomic mass is 10.1. The molecule has 62 valence electrons. The molecule has 1 aromatic carbocycles. The zero-order valence-corrected chi connectivity index (χ0v) is 6.08. The van der Waals surface area contributed by atoms with Crippen LogP contribution in [0.5, 0.6) is 0 Å². The Hall–Kier alpha value is -1.42. The third-order valence-electron chi connectivity index (χ3n) is 1.77. The summed E-state index contributed by atoms with van der Waals surface area (Å²) in [6, 6.07) is 3.79. The molecule has 0 spiro atoms. The smallest absolute Gasteiger partial charge is 0.340 e. The van der Waals surface area contributed by atoms with E-state index in [1.54, 1.807) is 0 Å². The lowest BCUT2D eigenvalue weighted by Gasteiger charge is -2.00. The zero-order chi connectivity index (χ0) is 8.72. The van der Waals surface area contributed by atoms with E-state index >= 15 is 0 Å². The van der Waals surface area contributed by atoms with Gasteiger partial charge in [0.2, 0.25) is 0 Å². The minimum atomic E-state index is -0.816. The van der Waals surface area contributed by atoms with Crippen molar-refractivity contribution < 1.29 is 13.9 Å². The van der Waals surface area contributed by atoms with E-state index in [1.807, 2.05) is 0 Å². The molecule has 0 aromatic heterocycles. The summed E-state index contributed by atoms with van der Waals surface area (Å²) in [5.41, 5.74) is 6.16. The molecule has 0 amide bonds. The van der Waals surface area contributed by atoms with Crippen LogP contribution in [0.2, 0.25) is 0 Å². The third kappa shape index (κ3) is 0.887. The molecule has 0 aliphatic carbocycles. The minimum absolute atomic E-state index is 0.351. The molecule has 1 aliphatic rings. The first-order chi connectivity index (χ1) is 5.68. The molecule has 12 heavy (non-hydrogen) atoms. The minimum Gasteiger partial charge on any atom is -0.439 e. The molecule has 1 aromatic rings. The van der Waals surface area contributed by atoms with Crippen LogP contribution in [-0.4, -0.2) is 5.97 Å². The first-order valence-corrected chi connectivity index (χ1v) is 3.44. The summed E-state index contributed by atoms with van der Waals surface area (Å²) in [6.07, 6.45) is -0.816. The van der Waals surface area contributed by atoms with E-state index in [4.69, 9.17) is 5.73 Å². The molecular weight excluding hydrogens is 161 g/mol. The molecule has 1 unspecified atom stereocenters. The second-order valence-corrected chi connectivity index (χ2v) is 2.56. The maximum absolute atomic E-state index is 12.6. The fraction of sp³-hybridized carbons (Fsp3) is 0.125. The Morgan fingerprint density at radius 2 is 2.25 bits per heavy atom. The average Bonchev–Trinajstić information content (AvgIpc) is 2.28. The van der Waals surface area contributed by atoms with Crippen molar-refractivity contribution in [3.8, 4) is 0 Å². The van der Waals surface area contributed by atoms with Crippen LogP contribution < -0.4 is 5.73 Å². The number of hydrogen-bond acceptors (Lipinski definition) is 3. The van der Waals surface area contributed by atoms with E-state index in [0.29, 0.717) is 11.1 Å². The summed E-state index contributed by atoms with van der Waals surface area (Å²) in [5.74, 6) is -0.903. The van der Waals surface area contributed by atoms with Crippen molar-refractivity contribution in [3.05, 3.63) is 35.1 Å². The number of rotatable bonds is 0. The van der Waals surface area contributed by atoms with Gasteiger partial charge < -0.3 is 4.74 Å². The highest BCUT2D eigenvalue weighted by atomic mass is 19.1. The van der Waals surface area contributed by atoms with Crippen molar-refractivity contribution in [1.82, 2.24) is 0 Å². The van der Waals surface area contributed by atoms with Crippen LogP contribution in [0.1, 0.15) is 22.1 Å². The van der Waals surface area contributed by atoms with Gasteiger partial charge in [0.25, 0.3) is 0 Å². The first-order valence-electron chi connectivity index (χ1n) is 3.44. The lowest BCUT2D eigenvalue weighted by Crippen LogP contribution is -2.08. The maximum Gasteiger partial charge on any atom is 0.340 e. The topological polar surface area (TPSA) is 52.3 Å². The monoisotopic (exact) mass is 167 g/mol. The van der Waals surface area contributed by atoms with Crippen molar-refractivity contribution in [1.29, 1.82) is 0 Å². The van der Waals surface area contributed by atoms with Crippen LogP contribution in [0.15, 0.2) is 18.2 Å². The number of nitrogens with two attached hydrogens (primary N) is 1. The molecule has 0 fully saturated rings. The number of benzene rings is 1. The molecule has 0 saturated heterocycles. The van der Waals surface area contributed by atoms with Crippen LogP contribution in [0.4, 0.5) is 4.39 Å². The summed E-state index contributed by atoms with van der Waals surface area (Å²) in [5, 5.41) is 0. The number of carbonyl (C=O) groups is 1. The number of halogens is 1. The van der Waals surface area contributed by atoms with Gasteiger partial charge in [0.15, 0.2) is 6.23 Å². The molecule has 1 aliphatic heterocycles. The molecule has 2 N–H and O–H groups in total. The molecule has 1 heterocycles. The predicted molar refractivity (Wildman–Crippen MR) is 38.7 cm³/mol. The van der Waals surface area contributed by atoms with Crippen molar-refractivity contribution >= 4 is 5.97 Å². The molecule has 4 heteroatoms. The predicted octanol–water partition coefficient (Wildman–Crippen LogP) is 0.953. The molecule has 2 rings (SSSR count). The molecule has 3 nitrogen and oxygen atoms in total. The Morgan fingerprint density at radius 1 is 1.50 bits per heavy atom. The van der Waals surface area contributed by atoms with Crippen molar-refractivity contribution in [2.45, 2.75) is 6.23 Å². The van der Waals surface area contributed by atoms with Crippen LogP contribution in [0, 0.1) is 5.82 Å². The number of carbonyl (C=O) groups excluding carboxylic acids is 1. The summed E-state index contributed by atoms with van der Waals surface area (Å²) in [4.78, 5) is 11.0. The van der Waals surface area contributed by atoms with Crippen LogP contribution in [0.25, 0.3) is 0 Å². The lowest BCUT2D eigenvalue weighted by molar-refractivity contribution is 0.0399. The fourth-order valence-corrected chi connectivity index (χ4v) is 1.20. The molecule has 1 atom stereocenters. The van der Waals surface area contributed by atoms with Gasteiger partial charge >= 0.3 is 5.97 Å². The van der Waals surface area contributed by atoms with Crippen LogP contribution in [-0.2, 0) is 4.74 Å². The van der Waals surface area contributed by atoms with Gasteiger partial charge in [0.05, 0.1) is 5.56 Å². The zero-order valence-electron chi connectivity index (χ0n) is 6.08. The van der Waals surface area contributed by atoms with Gasteiger partial charge in [-0.2, -0.15) is 0 Å². The van der Waals surface area contributed by atoms with Crippen LogP contribution >= 0.6 is 0 Å². The van der Waals surface area contributed by atoms with Gasteiger partial charge in [-0.15, -0.1) is 0 Å². The van der Waals surface area contributed by atoms with Crippen molar-refractivity contribution in [2.75, 3.05) is 0 Å². The summed E-state index contributed by atoms with van der Waals surface area (Å²) < 4.78 is 17.3. The van der Waals surface area contributed by atoms with Crippen molar-refractivity contribution in [2.24, 2.45) is 5.73 Å².